The Labute approximate surface area is 204 Å². The number of piperazine rings is 1. The summed E-state index contributed by atoms with van der Waals surface area (Å²) >= 11 is 0. The van der Waals surface area contributed by atoms with E-state index >= 15 is 0 Å². The Kier molecular flexibility index (Phi) is 6.26. The van der Waals surface area contributed by atoms with E-state index in [2.05, 4.69) is 92.1 Å². The van der Waals surface area contributed by atoms with Gasteiger partial charge >= 0.3 is 0 Å². The van der Waals surface area contributed by atoms with Crippen LogP contribution in [0.25, 0.3) is 0 Å². The van der Waals surface area contributed by atoms with Crippen LogP contribution < -0.4 is 14.4 Å². The summed E-state index contributed by atoms with van der Waals surface area (Å²) in [5.41, 5.74) is 7.24. The molecule has 34 heavy (non-hydrogen) atoms. The van der Waals surface area contributed by atoms with Crippen LogP contribution in [0.4, 0.5) is 5.69 Å². The molecule has 1 fully saturated rings. The van der Waals surface area contributed by atoms with Crippen LogP contribution in [0.1, 0.15) is 34.7 Å². The zero-order valence-corrected chi connectivity index (χ0v) is 20.9. The van der Waals surface area contributed by atoms with Gasteiger partial charge in [0.15, 0.2) is 0 Å². The lowest BCUT2D eigenvalue weighted by Crippen LogP contribution is -2.52. The predicted octanol–water partition coefficient (Wildman–Crippen LogP) is 5.71. The molecular weight excluding hydrogens is 420 g/mol. The first-order chi connectivity index (χ1) is 16.4. The lowest BCUT2D eigenvalue weighted by molar-refractivity contribution is 0.0604. The first-order valence-corrected chi connectivity index (χ1v) is 12.4. The molecule has 178 valence electrons. The molecule has 1 atom stereocenters. The molecule has 4 nitrogen and oxygen atoms in total. The van der Waals surface area contributed by atoms with Crippen molar-refractivity contribution in [2.45, 2.75) is 46.3 Å². The Morgan fingerprint density at radius 1 is 0.824 bits per heavy atom. The Balaban J connectivity index is 1.27. The number of hydrogen-bond acceptors (Lipinski definition) is 4. The molecule has 0 N–H and O–H groups in total. The van der Waals surface area contributed by atoms with Gasteiger partial charge < -0.3 is 14.4 Å². The highest BCUT2D eigenvalue weighted by Crippen LogP contribution is 2.45. The zero-order valence-electron chi connectivity index (χ0n) is 20.9. The molecule has 1 unspecified atom stereocenters. The van der Waals surface area contributed by atoms with Crippen LogP contribution >= 0.6 is 0 Å². The maximum atomic E-state index is 6.71. The van der Waals surface area contributed by atoms with E-state index in [-0.39, 0.29) is 5.60 Å². The van der Waals surface area contributed by atoms with Crippen LogP contribution in [-0.2, 0) is 13.0 Å². The van der Waals surface area contributed by atoms with E-state index < -0.39 is 0 Å². The van der Waals surface area contributed by atoms with Crippen LogP contribution in [0.2, 0.25) is 0 Å². The number of rotatable bonds is 6. The Morgan fingerprint density at radius 3 is 2.15 bits per heavy atom. The third-order valence-electron chi connectivity index (χ3n) is 7.49. The summed E-state index contributed by atoms with van der Waals surface area (Å²) in [5.74, 6) is 2.09. The molecule has 0 aliphatic carbocycles. The summed E-state index contributed by atoms with van der Waals surface area (Å²) in [5, 5.41) is 0. The number of fused-ring (bicyclic) bond motifs is 1. The summed E-state index contributed by atoms with van der Waals surface area (Å²) in [7, 11) is 0. The van der Waals surface area contributed by atoms with E-state index in [9.17, 15) is 0 Å². The molecule has 0 radical (unpaired) electrons. The topological polar surface area (TPSA) is 24.9 Å². The summed E-state index contributed by atoms with van der Waals surface area (Å²) in [4.78, 5) is 5.05. The maximum absolute atomic E-state index is 6.71. The van der Waals surface area contributed by atoms with Crippen molar-refractivity contribution in [3.05, 3.63) is 88.5 Å². The predicted molar refractivity (Wildman–Crippen MR) is 139 cm³/mol. The monoisotopic (exact) mass is 456 g/mol. The minimum absolute atomic E-state index is 0.211. The first-order valence-electron chi connectivity index (χ1n) is 12.4. The van der Waals surface area contributed by atoms with Gasteiger partial charge in [0.25, 0.3) is 0 Å². The number of hydrogen-bond donors (Lipinski definition) is 0. The minimum atomic E-state index is -0.211. The third-order valence-corrected chi connectivity index (χ3v) is 7.49. The van der Waals surface area contributed by atoms with E-state index in [0.717, 1.165) is 50.6 Å². The van der Waals surface area contributed by atoms with Gasteiger partial charge in [-0.1, -0.05) is 48.5 Å². The molecule has 4 heteroatoms. The molecule has 2 heterocycles. The number of anilines is 1. The van der Waals surface area contributed by atoms with Crippen molar-refractivity contribution in [3.8, 4) is 11.5 Å². The maximum Gasteiger partial charge on any atom is 0.127 e. The molecule has 0 saturated carbocycles. The average Bonchev–Trinajstić information content (AvgIpc) is 3.22. The minimum Gasteiger partial charge on any atom is -0.488 e. The molecule has 3 aromatic rings. The second-order valence-corrected chi connectivity index (χ2v) is 10.1. The molecule has 2 aliphatic heterocycles. The molecule has 2 aliphatic rings. The van der Waals surface area contributed by atoms with Gasteiger partial charge in [-0.2, -0.15) is 0 Å². The molecule has 1 saturated heterocycles. The molecular formula is C30H36N2O2. The Morgan fingerprint density at radius 2 is 1.47 bits per heavy atom. The van der Waals surface area contributed by atoms with Crippen molar-refractivity contribution in [2.75, 3.05) is 37.6 Å². The summed E-state index contributed by atoms with van der Waals surface area (Å²) in [6, 6.07) is 21.1. The smallest absolute Gasteiger partial charge is 0.127 e. The normalized spacial score (nSPS) is 20.2. The van der Waals surface area contributed by atoms with Crippen LogP contribution in [0.3, 0.4) is 0 Å². The molecule has 0 amide bonds. The van der Waals surface area contributed by atoms with E-state index in [1.165, 1.54) is 33.5 Å². The van der Waals surface area contributed by atoms with E-state index in [4.69, 9.17) is 9.47 Å². The van der Waals surface area contributed by atoms with Crippen LogP contribution in [-0.4, -0.2) is 43.2 Å². The van der Waals surface area contributed by atoms with Gasteiger partial charge in [0, 0.05) is 50.4 Å². The number of nitrogens with zero attached hydrogens (tertiary/aromatic N) is 2. The van der Waals surface area contributed by atoms with Crippen molar-refractivity contribution in [2.24, 2.45) is 0 Å². The lowest BCUT2D eigenvalue weighted by atomic mass is 9.92. The van der Waals surface area contributed by atoms with E-state index in [0.29, 0.717) is 6.61 Å². The second-order valence-electron chi connectivity index (χ2n) is 10.1. The Hall–Kier alpha value is -2.98. The van der Waals surface area contributed by atoms with E-state index in [1.807, 2.05) is 6.07 Å². The Bertz CT molecular complexity index is 1140. The van der Waals surface area contributed by atoms with Crippen molar-refractivity contribution in [1.82, 2.24) is 4.90 Å². The van der Waals surface area contributed by atoms with Crippen molar-refractivity contribution < 1.29 is 9.47 Å². The largest absolute Gasteiger partial charge is 0.488 e. The summed E-state index contributed by atoms with van der Waals surface area (Å²) < 4.78 is 13.1. The highest BCUT2D eigenvalue weighted by atomic mass is 16.5. The fourth-order valence-electron chi connectivity index (χ4n) is 5.47. The standard InChI is InChI=1S/C30H36N2O2/c1-22-23(2)29-27(24(3)28(22)33-20-25-11-7-5-8-12-25)19-30(4,34-29)21-31-15-17-32(18-16-31)26-13-9-6-10-14-26/h5-14H,15-21H2,1-4H3. The van der Waals surface area contributed by atoms with Gasteiger partial charge in [-0.05, 0) is 62.1 Å². The fourth-order valence-corrected chi connectivity index (χ4v) is 5.47. The third kappa shape index (κ3) is 4.52. The highest BCUT2D eigenvalue weighted by Gasteiger charge is 2.40. The van der Waals surface area contributed by atoms with Gasteiger partial charge in [-0.25, -0.2) is 0 Å². The van der Waals surface area contributed by atoms with Crippen LogP contribution in [0.5, 0.6) is 11.5 Å². The average molecular weight is 457 g/mol. The molecule has 5 rings (SSSR count). The quantitative estimate of drug-likeness (QED) is 0.475. The van der Waals surface area contributed by atoms with Crippen LogP contribution in [0.15, 0.2) is 60.7 Å². The van der Waals surface area contributed by atoms with Gasteiger partial charge in [-0.3, -0.25) is 4.90 Å². The first kappa shape index (κ1) is 22.8. The van der Waals surface area contributed by atoms with Gasteiger partial charge in [0.2, 0.25) is 0 Å². The van der Waals surface area contributed by atoms with Crippen LogP contribution in [0, 0.1) is 20.8 Å². The molecule has 3 aromatic carbocycles. The van der Waals surface area contributed by atoms with Gasteiger partial charge in [-0.15, -0.1) is 0 Å². The summed E-state index contributed by atoms with van der Waals surface area (Å²) in [6.45, 7) is 14.6. The summed E-state index contributed by atoms with van der Waals surface area (Å²) in [6.07, 6.45) is 0.926. The van der Waals surface area contributed by atoms with Crippen molar-refractivity contribution in [1.29, 1.82) is 0 Å². The number of benzene rings is 3. The number of ether oxygens (including phenoxy) is 2. The molecule has 0 bridgehead atoms. The molecule has 0 aromatic heterocycles. The van der Waals surface area contributed by atoms with Gasteiger partial charge in [0.05, 0.1) is 0 Å². The SMILES string of the molecule is Cc1c(C)c2c(c(C)c1OCc1ccccc1)CC(C)(CN1CCN(c3ccccc3)CC1)O2. The van der Waals surface area contributed by atoms with Crippen molar-refractivity contribution >= 4 is 5.69 Å². The zero-order chi connectivity index (χ0) is 23.7. The van der Waals surface area contributed by atoms with Crippen molar-refractivity contribution in [3.63, 3.8) is 0 Å². The highest BCUT2D eigenvalue weighted by molar-refractivity contribution is 5.60. The molecule has 0 spiro atoms. The van der Waals surface area contributed by atoms with E-state index in [1.54, 1.807) is 0 Å². The lowest BCUT2D eigenvalue weighted by Gasteiger charge is -2.39. The number of para-hydroxylation sites is 1. The second kappa shape index (κ2) is 9.34. The fraction of sp³-hybridized carbons (Fsp3) is 0.400. The van der Waals surface area contributed by atoms with Gasteiger partial charge in [0.1, 0.15) is 23.7 Å².